The van der Waals surface area contributed by atoms with Gasteiger partial charge in [0.05, 0.1) is 0 Å². The number of hydrogen-bond donors (Lipinski definition) is 2. The molecule has 104 valence electrons. The van der Waals surface area contributed by atoms with Crippen LogP contribution in [0, 0.1) is 0 Å². The van der Waals surface area contributed by atoms with Gasteiger partial charge in [-0.05, 0) is 37.1 Å². The van der Waals surface area contributed by atoms with Crippen molar-refractivity contribution in [3.05, 3.63) is 53.6 Å². The first-order valence-electron chi connectivity index (χ1n) is 6.37. The van der Waals surface area contributed by atoms with Crippen LogP contribution in [-0.4, -0.2) is 18.1 Å². The molecule has 0 fully saturated rings. The summed E-state index contributed by atoms with van der Waals surface area (Å²) >= 11 is 0.811. The van der Waals surface area contributed by atoms with E-state index in [1.807, 2.05) is 31.3 Å². The second-order valence-electron chi connectivity index (χ2n) is 4.29. The number of carbonyl (C=O) groups excluding carboxylic acids is 2. The Morgan fingerprint density at radius 3 is 2.50 bits per heavy atom. The maximum atomic E-state index is 11.9. The van der Waals surface area contributed by atoms with Gasteiger partial charge in [0.1, 0.15) is 0 Å². The van der Waals surface area contributed by atoms with E-state index in [0.29, 0.717) is 11.1 Å². The van der Waals surface area contributed by atoms with Crippen molar-refractivity contribution in [2.45, 2.75) is 12.8 Å². The van der Waals surface area contributed by atoms with E-state index in [2.05, 4.69) is 10.0 Å². The Balaban J connectivity index is 1.89. The minimum absolute atomic E-state index is 0.179. The van der Waals surface area contributed by atoms with Crippen LogP contribution in [0.3, 0.4) is 0 Å². The Morgan fingerprint density at radius 1 is 1.15 bits per heavy atom. The molecule has 1 aliphatic carbocycles. The number of carbonyl (C=O) groups is 2. The molecule has 20 heavy (non-hydrogen) atoms. The van der Waals surface area contributed by atoms with Crippen molar-refractivity contribution in [1.29, 1.82) is 0 Å². The summed E-state index contributed by atoms with van der Waals surface area (Å²) in [5.41, 5.74) is 2.11. The summed E-state index contributed by atoms with van der Waals surface area (Å²) in [6.07, 6.45) is 7.44. The molecule has 0 atom stereocenters. The van der Waals surface area contributed by atoms with Crippen LogP contribution in [0.25, 0.3) is 0 Å². The fraction of sp³-hybridized carbons (Fsp3) is 0.200. The zero-order valence-corrected chi connectivity index (χ0v) is 12.0. The highest BCUT2D eigenvalue weighted by Crippen LogP contribution is 2.15. The molecule has 0 heterocycles. The molecule has 0 aromatic heterocycles. The number of amides is 1. The summed E-state index contributed by atoms with van der Waals surface area (Å²) in [7, 11) is 1.82. The standard InChI is InChI=1S/C15H16N2O2S/c1-16-13-9-7-12(8-10-13)15(19)20-17-14(18)11-5-3-2-4-6-11/h3,5-10,16H,2,4H2,1H3,(H,17,18). The normalized spacial score (nSPS) is 13.6. The monoisotopic (exact) mass is 288 g/mol. The van der Waals surface area contributed by atoms with Crippen LogP contribution in [0.1, 0.15) is 23.2 Å². The van der Waals surface area contributed by atoms with Crippen LogP contribution in [-0.2, 0) is 4.79 Å². The third-order valence-electron chi connectivity index (χ3n) is 2.90. The van der Waals surface area contributed by atoms with Gasteiger partial charge in [0, 0.05) is 35.8 Å². The van der Waals surface area contributed by atoms with Gasteiger partial charge in [0.15, 0.2) is 0 Å². The number of benzene rings is 1. The van der Waals surface area contributed by atoms with E-state index >= 15 is 0 Å². The van der Waals surface area contributed by atoms with Crippen LogP contribution in [0.5, 0.6) is 0 Å². The third kappa shape index (κ3) is 3.74. The van der Waals surface area contributed by atoms with Crippen molar-refractivity contribution < 1.29 is 9.59 Å². The summed E-state index contributed by atoms with van der Waals surface area (Å²) in [6.45, 7) is 0. The molecule has 1 amide bonds. The van der Waals surface area contributed by atoms with E-state index in [0.717, 1.165) is 30.5 Å². The minimum Gasteiger partial charge on any atom is -0.388 e. The SMILES string of the molecule is CNc1ccc(C(=O)SNC(=O)C2=CCCC=C2)cc1. The number of anilines is 1. The van der Waals surface area contributed by atoms with Crippen LogP contribution in [0.15, 0.2) is 48.1 Å². The highest BCUT2D eigenvalue weighted by atomic mass is 32.2. The van der Waals surface area contributed by atoms with Crippen LogP contribution < -0.4 is 10.0 Å². The van der Waals surface area contributed by atoms with Gasteiger partial charge in [-0.3, -0.25) is 14.3 Å². The molecule has 0 saturated heterocycles. The predicted molar refractivity (Wildman–Crippen MR) is 82.5 cm³/mol. The van der Waals surface area contributed by atoms with Crippen molar-refractivity contribution in [2.24, 2.45) is 0 Å². The predicted octanol–water partition coefficient (Wildman–Crippen LogP) is 2.91. The van der Waals surface area contributed by atoms with Crippen LogP contribution in [0.2, 0.25) is 0 Å². The second kappa shape index (κ2) is 6.96. The Hall–Kier alpha value is -2.01. The van der Waals surface area contributed by atoms with Gasteiger partial charge < -0.3 is 5.32 Å². The lowest BCUT2D eigenvalue weighted by Gasteiger charge is -2.07. The van der Waals surface area contributed by atoms with Gasteiger partial charge >= 0.3 is 0 Å². The molecule has 1 aromatic rings. The van der Waals surface area contributed by atoms with Gasteiger partial charge in [-0.1, -0.05) is 18.2 Å². The van der Waals surface area contributed by atoms with Crippen molar-refractivity contribution in [1.82, 2.24) is 4.72 Å². The second-order valence-corrected chi connectivity index (χ2v) is 5.07. The van der Waals surface area contributed by atoms with Crippen molar-refractivity contribution >= 4 is 28.7 Å². The van der Waals surface area contributed by atoms with Gasteiger partial charge in [-0.25, -0.2) is 0 Å². The fourth-order valence-corrected chi connectivity index (χ4v) is 2.32. The highest BCUT2D eigenvalue weighted by Gasteiger charge is 2.12. The molecular weight excluding hydrogens is 272 g/mol. The molecule has 5 heteroatoms. The quantitative estimate of drug-likeness (QED) is 0.840. The number of allylic oxidation sites excluding steroid dienone is 2. The Kier molecular flexibility index (Phi) is 5.01. The molecule has 0 aliphatic heterocycles. The van der Waals surface area contributed by atoms with Gasteiger partial charge in [0.2, 0.25) is 5.12 Å². The Labute approximate surface area is 122 Å². The lowest BCUT2D eigenvalue weighted by molar-refractivity contribution is -0.115. The number of hydrogen-bond acceptors (Lipinski definition) is 4. The Bertz CT molecular complexity index is 562. The van der Waals surface area contributed by atoms with Crippen molar-refractivity contribution in [3.8, 4) is 0 Å². The van der Waals surface area contributed by atoms with Gasteiger partial charge in [0.25, 0.3) is 5.91 Å². The molecule has 1 aromatic carbocycles. The minimum atomic E-state index is -0.230. The van der Waals surface area contributed by atoms with E-state index in [4.69, 9.17) is 0 Å². The van der Waals surface area contributed by atoms with E-state index in [1.165, 1.54) is 0 Å². The van der Waals surface area contributed by atoms with E-state index in [1.54, 1.807) is 18.2 Å². The van der Waals surface area contributed by atoms with E-state index in [9.17, 15) is 9.59 Å². The largest absolute Gasteiger partial charge is 0.388 e. The maximum Gasteiger partial charge on any atom is 0.261 e. The number of rotatable bonds is 3. The molecule has 2 rings (SSSR count). The van der Waals surface area contributed by atoms with Gasteiger partial charge in [-0.15, -0.1) is 0 Å². The molecule has 0 saturated carbocycles. The molecule has 0 radical (unpaired) electrons. The van der Waals surface area contributed by atoms with E-state index in [-0.39, 0.29) is 11.0 Å². The van der Waals surface area contributed by atoms with Crippen LogP contribution >= 0.6 is 11.9 Å². The summed E-state index contributed by atoms with van der Waals surface area (Å²) in [5.74, 6) is -0.230. The first kappa shape index (κ1) is 14.4. The molecular formula is C15H16N2O2S. The molecule has 0 spiro atoms. The maximum absolute atomic E-state index is 11.9. The Morgan fingerprint density at radius 2 is 1.90 bits per heavy atom. The lowest BCUT2D eigenvalue weighted by Crippen LogP contribution is -2.20. The fourth-order valence-electron chi connectivity index (χ4n) is 1.77. The molecule has 0 unspecified atom stereocenters. The molecule has 0 bridgehead atoms. The van der Waals surface area contributed by atoms with Crippen LogP contribution in [0.4, 0.5) is 5.69 Å². The van der Waals surface area contributed by atoms with E-state index < -0.39 is 0 Å². The molecule has 2 N–H and O–H groups in total. The zero-order chi connectivity index (χ0) is 14.4. The summed E-state index contributed by atoms with van der Waals surface area (Å²) in [4.78, 5) is 23.7. The topological polar surface area (TPSA) is 58.2 Å². The highest BCUT2D eigenvalue weighted by molar-refractivity contribution is 8.12. The third-order valence-corrected chi connectivity index (χ3v) is 3.61. The van der Waals surface area contributed by atoms with Crippen molar-refractivity contribution in [2.75, 3.05) is 12.4 Å². The summed E-state index contributed by atoms with van der Waals surface area (Å²) in [6, 6.07) is 7.10. The average molecular weight is 288 g/mol. The van der Waals surface area contributed by atoms with Gasteiger partial charge in [-0.2, -0.15) is 0 Å². The summed E-state index contributed by atoms with van der Waals surface area (Å²) in [5, 5.41) is 2.80. The lowest BCUT2D eigenvalue weighted by atomic mass is 10.1. The van der Waals surface area contributed by atoms with Crippen molar-refractivity contribution in [3.63, 3.8) is 0 Å². The smallest absolute Gasteiger partial charge is 0.261 e. The zero-order valence-electron chi connectivity index (χ0n) is 11.2. The molecule has 4 nitrogen and oxygen atoms in total. The first-order chi connectivity index (χ1) is 9.70. The summed E-state index contributed by atoms with van der Waals surface area (Å²) < 4.78 is 2.57. The molecule has 1 aliphatic rings. The first-order valence-corrected chi connectivity index (χ1v) is 7.18. The number of nitrogens with one attached hydrogen (secondary N) is 2. The average Bonchev–Trinajstić information content (AvgIpc) is 2.53.